The molecule has 1 aromatic carbocycles. The molecule has 6 nitrogen and oxygen atoms in total. The average Bonchev–Trinajstić information content (AvgIpc) is 3.15. The molecular formula is C18H21F2N5O. The van der Waals surface area contributed by atoms with Crippen molar-refractivity contribution in [3.8, 4) is 0 Å². The van der Waals surface area contributed by atoms with Gasteiger partial charge in [-0.15, -0.1) is 0 Å². The molecule has 2 aromatic rings. The Labute approximate surface area is 150 Å². The molecule has 0 saturated carbocycles. The third-order valence-corrected chi connectivity index (χ3v) is 4.15. The van der Waals surface area contributed by atoms with Crippen LogP contribution < -0.4 is 15.5 Å². The lowest BCUT2D eigenvalue weighted by Crippen LogP contribution is -2.29. The van der Waals surface area contributed by atoms with Gasteiger partial charge in [-0.3, -0.25) is 4.79 Å². The van der Waals surface area contributed by atoms with Crippen LogP contribution in [0.2, 0.25) is 0 Å². The van der Waals surface area contributed by atoms with E-state index in [4.69, 9.17) is 0 Å². The fourth-order valence-corrected chi connectivity index (χ4v) is 2.83. The monoisotopic (exact) mass is 361 g/mol. The van der Waals surface area contributed by atoms with Crippen LogP contribution in [0.3, 0.4) is 0 Å². The van der Waals surface area contributed by atoms with E-state index in [1.165, 1.54) is 18.9 Å². The highest BCUT2D eigenvalue weighted by atomic mass is 19.2. The van der Waals surface area contributed by atoms with Crippen molar-refractivity contribution in [3.63, 3.8) is 0 Å². The van der Waals surface area contributed by atoms with E-state index in [2.05, 4.69) is 25.5 Å². The Balaban J connectivity index is 1.51. The fourth-order valence-electron chi connectivity index (χ4n) is 2.83. The summed E-state index contributed by atoms with van der Waals surface area (Å²) >= 11 is 0. The van der Waals surface area contributed by atoms with Crippen LogP contribution in [0.25, 0.3) is 0 Å². The summed E-state index contributed by atoms with van der Waals surface area (Å²) in [6, 6.07) is 5.02. The van der Waals surface area contributed by atoms with Crippen molar-refractivity contribution >= 4 is 17.7 Å². The van der Waals surface area contributed by atoms with Crippen LogP contribution in [0.1, 0.15) is 28.9 Å². The lowest BCUT2D eigenvalue weighted by atomic mass is 10.2. The molecule has 1 fully saturated rings. The minimum atomic E-state index is -1.04. The summed E-state index contributed by atoms with van der Waals surface area (Å²) in [4.78, 5) is 23.0. The van der Waals surface area contributed by atoms with E-state index in [0.29, 0.717) is 19.0 Å². The quantitative estimate of drug-likeness (QED) is 0.774. The molecular weight excluding hydrogens is 340 g/mol. The zero-order chi connectivity index (χ0) is 18.5. The van der Waals surface area contributed by atoms with Gasteiger partial charge < -0.3 is 15.5 Å². The van der Waals surface area contributed by atoms with E-state index in [0.717, 1.165) is 36.7 Å². The fraction of sp³-hybridized carbons (Fsp3) is 0.389. The molecule has 138 valence electrons. The second-order valence-corrected chi connectivity index (χ2v) is 6.20. The first-order chi connectivity index (χ1) is 12.5. The highest BCUT2D eigenvalue weighted by Gasteiger charge is 2.15. The number of hydrogen-bond donors (Lipinski definition) is 2. The van der Waals surface area contributed by atoms with Crippen LogP contribution >= 0.6 is 0 Å². The second-order valence-electron chi connectivity index (χ2n) is 6.20. The molecule has 1 amide bonds. The van der Waals surface area contributed by atoms with E-state index in [1.54, 1.807) is 0 Å². The van der Waals surface area contributed by atoms with E-state index >= 15 is 0 Å². The number of anilines is 2. The minimum Gasteiger partial charge on any atom is -0.356 e. The zero-order valence-corrected chi connectivity index (χ0v) is 14.6. The van der Waals surface area contributed by atoms with Crippen LogP contribution in [0, 0.1) is 18.6 Å². The number of hydrogen-bond acceptors (Lipinski definition) is 5. The summed E-state index contributed by atoms with van der Waals surface area (Å²) in [5.74, 6) is -1.07. The Morgan fingerprint density at radius 3 is 2.62 bits per heavy atom. The Morgan fingerprint density at radius 2 is 1.88 bits per heavy atom. The van der Waals surface area contributed by atoms with E-state index in [9.17, 15) is 13.6 Å². The number of rotatable bonds is 6. The molecule has 8 heteroatoms. The Bertz CT molecular complexity index is 793. The number of aryl methyl sites for hydroxylation is 1. The summed E-state index contributed by atoms with van der Waals surface area (Å²) < 4.78 is 26.1. The molecule has 1 aliphatic rings. The molecule has 0 radical (unpaired) electrons. The Hall–Kier alpha value is -2.77. The highest BCUT2D eigenvalue weighted by molar-refractivity contribution is 5.94. The molecule has 1 aromatic heterocycles. The van der Waals surface area contributed by atoms with Gasteiger partial charge in [-0.2, -0.15) is 4.98 Å². The van der Waals surface area contributed by atoms with Gasteiger partial charge in [0.25, 0.3) is 5.91 Å². The summed E-state index contributed by atoms with van der Waals surface area (Å²) in [6.45, 7) is 4.63. The standard InChI is InChI=1S/C18H21F2N5O/c1-12-10-16(25-8-2-3-9-25)24-18(23-12)22-7-6-21-17(26)13-4-5-14(19)15(20)11-13/h4-5,10-11H,2-3,6-9H2,1H3,(H,21,26)(H,22,23,24). The number of nitrogens with one attached hydrogen (secondary N) is 2. The number of carbonyl (C=O) groups excluding carboxylic acids is 1. The van der Waals surface area contributed by atoms with Gasteiger partial charge in [0.1, 0.15) is 5.82 Å². The highest BCUT2D eigenvalue weighted by Crippen LogP contribution is 2.19. The number of amides is 1. The first-order valence-electron chi connectivity index (χ1n) is 8.61. The van der Waals surface area contributed by atoms with Gasteiger partial charge in [-0.1, -0.05) is 0 Å². The normalized spacial score (nSPS) is 13.7. The molecule has 3 rings (SSSR count). The molecule has 2 heterocycles. The summed E-state index contributed by atoms with van der Waals surface area (Å²) in [5.41, 5.74) is 0.947. The lowest BCUT2D eigenvalue weighted by molar-refractivity contribution is 0.0954. The van der Waals surface area contributed by atoms with Gasteiger partial charge in [0.15, 0.2) is 11.6 Å². The molecule has 0 spiro atoms. The van der Waals surface area contributed by atoms with E-state index in [-0.39, 0.29) is 5.56 Å². The number of nitrogens with zero attached hydrogens (tertiary/aromatic N) is 3. The molecule has 0 bridgehead atoms. The number of aromatic nitrogens is 2. The third kappa shape index (κ3) is 4.44. The van der Waals surface area contributed by atoms with Gasteiger partial charge in [-0.05, 0) is 38.0 Å². The molecule has 0 aliphatic carbocycles. The first-order valence-corrected chi connectivity index (χ1v) is 8.61. The molecule has 1 aliphatic heterocycles. The molecule has 0 unspecified atom stereocenters. The molecule has 2 N–H and O–H groups in total. The van der Waals surface area contributed by atoms with Crippen LogP contribution in [-0.4, -0.2) is 42.1 Å². The third-order valence-electron chi connectivity index (χ3n) is 4.15. The van der Waals surface area contributed by atoms with E-state index in [1.807, 2.05) is 13.0 Å². The van der Waals surface area contributed by atoms with Crippen LogP contribution in [0.5, 0.6) is 0 Å². The van der Waals surface area contributed by atoms with Crippen molar-refractivity contribution in [1.29, 1.82) is 0 Å². The number of halogens is 2. The topological polar surface area (TPSA) is 70.2 Å². The maximum absolute atomic E-state index is 13.2. The van der Waals surface area contributed by atoms with Crippen molar-refractivity contribution in [3.05, 3.63) is 47.2 Å². The molecule has 1 saturated heterocycles. The smallest absolute Gasteiger partial charge is 0.251 e. The van der Waals surface area contributed by atoms with Crippen molar-refractivity contribution < 1.29 is 13.6 Å². The maximum atomic E-state index is 13.2. The van der Waals surface area contributed by atoms with E-state index < -0.39 is 17.5 Å². The lowest BCUT2D eigenvalue weighted by Gasteiger charge is -2.17. The van der Waals surface area contributed by atoms with Gasteiger partial charge in [0.2, 0.25) is 5.95 Å². The average molecular weight is 361 g/mol. The zero-order valence-electron chi connectivity index (χ0n) is 14.6. The first kappa shape index (κ1) is 18.0. The summed E-state index contributed by atoms with van der Waals surface area (Å²) in [5, 5.41) is 5.72. The van der Waals surface area contributed by atoms with Crippen molar-refractivity contribution in [1.82, 2.24) is 15.3 Å². The summed E-state index contributed by atoms with van der Waals surface area (Å²) in [6.07, 6.45) is 2.34. The molecule has 26 heavy (non-hydrogen) atoms. The summed E-state index contributed by atoms with van der Waals surface area (Å²) in [7, 11) is 0. The number of carbonyl (C=O) groups is 1. The van der Waals surface area contributed by atoms with Gasteiger partial charge in [-0.25, -0.2) is 13.8 Å². The minimum absolute atomic E-state index is 0.0759. The largest absolute Gasteiger partial charge is 0.356 e. The van der Waals surface area contributed by atoms with Gasteiger partial charge in [0.05, 0.1) is 0 Å². The number of benzene rings is 1. The van der Waals surface area contributed by atoms with Gasteiger partial charge >= 0.3 is 0 Å². The Kier molecular flexibility index (Phi) is 5.60. The predicted molar refractivity (Wildman–Crippen MR) is 95.4 cm³/mol. The van der Waals surface area contributed by atoms with Crippen LogP contribution in [-0.2, 0) is 0 Å². The van der Waals surface area contributed by atoms with Crippen molar-refractivity contribution in [2.24, 2.45) is 0 Å². The van der Waals surface area contributed by atoms with Crippen molar-refractivity contribution in [2.75, 3.05) is 36.4 Å². The van der Waals surface area contributed by atoms with Gasteiger partial charge in [0, 0.05) is 43.5 Å². The molecule has 0 atom stereocenters. The maximum Gasteiger partial charge on any atom is 0.251 e. The Morgan fingerprint density at radius 1 is 1.12 bits per heavy atom. The van der Waals surface area contributed by atoms with Crippen LogP contribution in [0.15, 0.2) is 24.3 Å². The SMILES string of the molecule is Cc1cc(N2CCCC2)nc(NCCNC(=O)c2ccc(F)c(F)c2)n1. The van der Waals surface area contributed by atoms with Crippen molar-refractivity contribution in [2.45, 2.75) is 19.8 Å². The van der Waals surface area contributed by atoms with Crippen LogP contribution in [0.4, 0.5) is 20.5 Å². The predicted octanol–water partition coefficient (Wildman–Crippen LogP) is 2.51. The second kappa shape index (κ2) is 8.07.